The number of benzene rings is 2. The number of carboxylic acids is 1. The monoisotopic (exact) mass is 365 g/mol. The average molecular weight is 365 g/mol. The Bertz CT molecular complexity index is 927. The molecule has 138 valence electrons. The zero-order valence-electron chi connectivity index (χ0n) is 14.6. The Kier molecular flexibility index (Phi) is 4.27. The molecule has 2 heterocycles. The van der Waals surface area contributed by atoms with Crippen LogP contribution in [-0.4, -0.2) is 47.0 Å². The van der Waals surface area contributed by atoms with Crippen LogP contribution in [0.3, 0.4) is 0 Å². The zero-order valence-corrected chi connectivity index (χ0v) is 14.6. The average Bonchev–Trinajstić information content (AvgIpc) is 3.12. The minimum absolute atomic E-state index is 0.199. The largest absolute Gasteiger partial charge is 0.480 e. The summed E-state index contributed by atoms with van der Waals surface area (Å²) in [6, 6.07) is 13.2. The van der Waals surface area contributed by atoms with Crippen LogP contribution in [0.2, 0.25) is 0 Å². The number of amides is 3. The van der Waals surface area contributed by atoms with Gasteiger partial charge >= 0.3 is 12.0 Å². The third-order valence-corrected chi connectivity index (χ3v) is 5.06. The van der Waals surface area contributed by atoms with Crippen LogP contribution in [0.4, 0.5) is 10.5 Å². The van der Waals surface area contributed by atoms with E-state index in [1.54, 1.807) is 29.2 Å². The van der Waals surface area contributed by atoms with Crippen LogP contribution in [0.1, 0.15) is 21.5 Å². The van der Waals surface area contributed by atoms with E-state index >= 15 is 0 Å². The maximum atomic E-state index is 13.1. The van der Waals surface area contributed by atoms with Gasteiger partial charge in [0.05, 0.1) is 0 Å². The van der Waals surface area contributed by atoms with E-state index in [1.165, 1.54) is 4.90 Å². The van der Waals surface area contributed by atoms with E-state index in [4.69, 9.17) is 0 Å². The number of anilines is 1. The third-order valence-electron chi connectivity index (χ3n) is 5.06. The summed E-state index contributed by atoms with van der Waals surface area (Å²) in [4.78, 5) is 39.7. The molecule has 0 aliphatic carbocycles. The van der Waals surface area contributed by atoms with E-state index in [2.05, 4.69) is 5.32 Å². The lowest BCUT2D eigenvalue weighted by atomic mass is 9.93. The Morgan fingerprint density at radius 1 is 1.07 bits per heavy atom. The van der Waals surface area contributed by atoms with Crippen molar-refractivity contribution < 1.29 is 19.5 Å². The van der Waals surface area contributed by atoms with Crippen LogP contribution in [-0.2, 0) is 17.8 Å². The molecule has 7 heteroatoms. The van der Waals surface area contributed by atoms with E-state index in [0.29, 0.717) is 24.3 Å². The molecule has 7 nitrogen and oxygen atoms in total. The molecule has 1 atom stereocenters. The third kappa shape index (κ3) is 3.12. The van der Waals surface area contributed by atoms with Crippen molar-refractivity contribution in [1.29, 1.82) is 0 Å². The lowest BCUT2D eigenvalue weighted by molar-refractivity contribution is -0.142. The molecule has 27 heavy (non-hydrogen) atoms. The van der Waals surface area contributed by atoms with Gasteiger partial charge in [0.25, 0.3) is 5.91 Å². The highest BCUT2D eigenvalue weighted by Gasteiger charge is 2.35. The summed E-state index contributed by atoms with van der Waals surface area (Å²) in [5.74, 6) is -1.37. The number of carboxylic acid groups (broad SMARTS) is 1. The molecule has 0 saturated carbocycles. The Balaban J connectivity index is 1.65. The quantitative estimate of drug-likeness (QED) is 0.869. The fourth-order valence-corrected chi connectivity index (χ4v) is 3.65. The summed E-state index contributed by atoms with van der Waals surface area (Å²) >= 11 is 0. The molecule has 4 rings (SSSR count). The lowest BCUT2D eigenvalue weighted by Crippen LogP contribution is -2.48. The van der Waals surface area contributed by atoms with Gasteiger partial charge in [-0.3, -0.25) is 9.69 Å². The number of hydrogen-bond acceptors (Lipinski definition) is 3. The second-order valence-corrected chi connectivity index (χ2v) is 6.69. The summed E-state index contributed by atoms with van der Waals surface area (Å²) in [6.07, 6.45) is 0.283. The molecule has 2 aliphatic heterocycles. The molecule has 2 aromatic rings. The molecule has 1 saturated heterocycles. The topological polar surface area (TPSA) is 89.9 Å². The first-order valence-electron chi connectivity index (χ1n) is 8.80. The highest BCUT2D eigenvalue weighted by molar-refractivity contribution is 6.00. The van der Waals surface area contributed by atoms with Gasteiger partial charge in [-0.05, 0) is 29.3 Å². The number of urea groups is 1. The Morgan fingerprint density at radius 3 is 2.56 bits per heavy atom. The molecule has 2 aliphatic rings. The summed E-state index contributed by atoms with van der Waals surface area (Å²) < 4.78 is 0. The normalized spacial score (nSPS) is 18.8. The van der Waals surface area contributed by atoms with Gasteiger partial charge in [0.1, 0.15) is 6.04 Å². The predicted octanol–water partition coefficient (Wildman–Crippen LogP) is 1.87. The van der Waals surface area contributed by atoms with Crippen molar-refractivity contribution in [2.24, 2.45) is 0 Å². The standard InChI is InChI=1S/C20H19N3O4/c24-18(14-6-3-7-16(10-14)22-9-8-21-20(22)27)23-12-15-5-2-1-4-13(15)11-17(23)19(25)26/h1-7,10,17H,8-9,11-12H2,(H,21,27)(H,25,26)/t17-/m0/s1. The summed E-state index contributed by atoms with van der Waals surface area (Å²) in [5, 5.41) is 12.4. The number of carbonyl (C=O) groups excluding carboxylic acids is 2. The molecule has 0 aromatic heterocycles. The molecule has 2 N–H and O–H groups in total. The number of nitrogens with one attached hydrogen (secondary N) is 1. The minimum atomic E-state index is -1.02. The van der Waals surface area contributed by atoms with Crippen molar-refractivity contribution >= 4 is 23.6 Å². The van der Waals surface area contributed by atoms with Gasteiger partial charge in [-0.15, -0.1) is 0 Å². The summed E-state index contributed by atoms with van der Waals surface area (Å²) in [7, 11) is 0. The van der Waals surface area contributed by atoms with Gasteiger partial charge in [0, 0.05) is 37.3 Å². The zero-order chi connectivity index (χ0) is 19.0. The number of rotatable bonds is 3. The molecule has 0 spiro atoms. The Labute approximate surface area is 156 Å². The number of nitrogens with zero attached hydrogens (tertiary/aromatic N) is 2. The van der Waals surface area contributed by atoms with Crippen molar-refractivity contribution in [3.63, 3.8) is 0 Å². The van der Waals surface area contributed by atoms with E-state index in [0.717, 1.165) is 11.1 Å². The van der Waals surface area contributed by atoms with Crippen molar-refractivity contribution in [3.05, 3.63) is 65.2 Å². The molecular weight excluding hydrogens is 346 g/mol. The van der Waals surface area contributed by atoms with Gasteiger partial charge in [0.15, 0.2) is 0 Å². The fraction of sp³-hybridized carbons (Fsp3) is 0.250. The first-order valence-corrected chi connectivity index (χ1v) is 8.80. The van der Waals surface area contributed by atoms with Crippen LogP contribution in [0, 0.1) is 0 Å². The van der Waals surface area contributed by atoms with Crippen LogP contribution in [0.5, 0.6) is 0 Å². The first kappa shape index (κ1) is 17.1. The molecule has 0 bridgehead atoms. The molecule has 3 amide bonds. The lowest BCUT2D eigenvalue weighted by Gasteiger charge is -2.34. The summed E-state index contributed by atoms with van der Waals surface area (Å²) in [6.45, 7) is 1.34. The van der Waals surface area contributed by atoms with Crippen molar-refractivity contribution in [1.82, 2.24) is 10.2 Å². The molecule has 0 unspecified atom stereocenters. The van der Waals surface area contributed by atoms with Crippen LogP contribution >= 0.6 is 0 Å². The van der Waals surface area contributed by atoms with Crippen molar-refractivity contribution in [3.8, 4) is 0 Å². The highest BCUT2D eigenvalue weighted by Crippen LogP contribution is 2.26. The smallest absolute Gasteiger partial charge is 0.326 e. The fourth-order valence-electron chi connectivity index (χ4n) is 3.65. The maximum Gasteiger partial charge on any atom is 0.326 e. The Hall–Kier alpha value is -3.35. The van der Waals surface area contributed by atoms with Gasteiger partial charge in [-0.2, -0.15) is 0 Å². The van der Waals surface area contributed by atoms with Crippen LogP contribution in [0.15, 0.2) is 48.5 Å². The van der Waals surface area contributed by atoms with Gasteiger partial charge < -0.3 is 15.3 Å². The van der Waals surface area contributed by atoms with E-state index < -0.39 is 12.0 Å². The summed E-state index contributed by atoms with van der Waals surface area (Å²) in [5.41, 5.74) is 2.91. The van der Waals surface area contributed by atoms with Crippen molar-refractivity contribution in [2.45, 2.75) is 19.0 Å². The van der Waals surface area contributed by atoms with E-state index in [9.17, 15) is 19.5 Å². The van der Waals surface area contributed by atoms with Crippen LogP contribution < -0.4 is 10.2 Å². The second kappa shape index (κ2) is 6.75. The van der Waals surface area contributed by atoms with Crippen molar-refractivity contribution in [2.75, 3.05) is 18.0 Å². The second-order valence-electron chi connectivity index (χ2n) is 6.69. The Morgan fingerprint density at radius 2 is 1.85 bits per heavy atom. The number of fused-ring (bicyclic) bond motifs is 1. The van der Waals surface area contributed by atoms with Gasteiger partial charge in [-0.25, -0.2) is 9.59 Å². The predicted molar refractivity (Wildman–Crippen MR) is 98.6 cm³/mol. The molecule has 2 aromatic carbocycles. The molecule has 0 radical (unpaired) electrons. The van der Waals surface area contributed by atoms with Crippen LogP contribution in [0.25, 0.3) is 0 Å². The SMILES string of the molecule is O=C(O)[C@@H]1Cc2ccccc2CN1C(=O)c1cccc(N2CCNC2=O)c1. The van der Waals surface area contributed by atoms with Gasteiger partial charge in [0.2, 0.25) is 0 Å². The highest BCUT2D eigenvalue weighted by atomic mass is 16.4. The minimum Gasteiger partial charge on any atom is -0.480 e. The number of carbonyl (C=O) groups is 3. The number of aliphatic carboxylic acids is 1. The maximum absolute atomic E-state index is 13.1. The molecular formula is C20H19N3O4. The molecule has 1 fully saturated rings. The van der Waals surface area contributed by atoms with E-state index in [-0.39, 0.29) is 24.9 Å². The number of hydrogen-bond donors (Lipinski definition) is 2. The van der Waals surface area contributed by atoms with E-state index in [1.807, 2.05) is 24.3 Å². The first-order chi connectivity index (χ1) is 13.0. The van der Waals surface area contributed by atoms with Gasteiger partial charge in [-0.1, -0.05) is 30.3 Å².